The molecule has 2 heterocycles. The molecule has 0 aliphatic carbocycles. The van der Waals surface area contributed by atoms with E-state index in [0.717, 1.165) is 4.88 Å². The van der Waals surface area contributed by atoms with Crippen LogP contribution in [0, 0.1) is 0 Å². The number of hydrogen-bond donors (Lipinski definition) is 2. The van der Waals surface area contributed by atoms with Gasteiger partial charge in [0.2, 0.25) is 5.91 Å². The Balaban J connectivity index is 1.80. The number of fused-ring (bicyclic) bond motifs is 1. The molecular formula is C16H15N3O2S. The molecule has 0 fully saturated rings. The lowest BCUT2D eigenvalue weighted by molar-refractivity contribution is -0.121. The standard InChI is InChI=1S/C16H15N3O2S/c1-10(14-7-4-8-22-14)17-15(20)9-13-11-5-2-3-6-12(11)16(21)19-18-13/h2-8,10H,9H2,1H3,(H,17,20)(H,19,21). The van der Waals surface area contributed by atoms with Gasteiger partial charge >= 0.3 is 0 Å². The zero-order valence-electron chi connectivity index (χ0n) is 12.0. The quantitative estimate of drug-likeness (QED) is 0.776. The van der Waals surface area contributed by atoms with Crippen LogP contribution in [0.5, 0.6) is 0 Å². The second kappa shape index (κ2) is 6.11. The van der Waals surface area contributed by atoms with Gasteiger partial charge in [0.05, 0.1) is 23.5 Å². The highest BCUT2D eigenvalue weighted by molar-refractivity contribution is 7.10. The van der Waals surface area contributed by atoms with Crippen molar-refractivity contribution in [2.45, 2.75) is 19.4 Å². The van der Waals surface area contributed by atoms with Crippen LogP contribution in [0.25, 0.3) is 10.8 Å². The number of H-pyrrole nitrogens is 1. The largest absolute Gasteiger partial charge is 0.348 e. The van der Waals surface area contributed by atoms with Crippen molar-refractivity contribution >= 4 is 28.0 Å². The van der Waals surface area contributed by atoms with Gasteiger partial charge in [-0.15, -0.1) is 11.3 Å². The van der Waals surface area contributed by atoms with Crippen LogP contribution in [0.1, 0.15) is 23.5 Å². The molecule has 0 aliphatic rings. The maximum absolute atomic E-state index is 12.2. The fourth-order valence-electron chi connectivity index (χ4n) is 2.36. The number of nitrogens with zero attached hydrogens (tertiary/aromatic N) is 1. The first-order valence-electron chi connectivity index (χ1n) is 6.94. The normalized spacial score (nSPS) is 12.2. The van der Waals surface area contributed by atoms with Crippen LogP contribution in [-0.4, -0.2) is 16.1 Å². The molecule has 1 atom stereocenters. The van der Waals surface area contributed by atoms with E-state index in [1.54, 1.807) is 23.5 Å². The Labute approximate surface area is 131 Å². The number of thiophene rings is 1. The van der Waals surface area contributed by atoms with E-state index in [0.29, 0.717) is 16.5 Å². The van der Waals surface area contributed by atoms with Crippen LogP contribution in [0.2, 0.25) is 0 Å². The number of carbonyl (C=O) groups is 1. The molecule has 6 heteroatoms. The highest BCUT2D eigenvalue weighted by Gasteiger charge is 2.14. The van der Waals surface area contributed by atoms with E-state index >= 15 is 0 Å². The summed E-state index contributed by atoms with van der Waals surface area (Å²) in [6.45, 7) is 1.95. The van der Waals surface area contributed by atoms with Crippen molar-refractivity contribution in [3.8, 4) is 0 Å². The lowest BCUT2D eigenvalue weighted by atomic mass is 10.1. The molecule has 3 aromatic rings. The van der Waals surface area contributed by atoms with Crippen molar-refractivity contribution in [2.75, 3.05) is 0 Å². The van der Waals surface area contributed by atoms with Crippen molar-refractivity contribution in [3.63, 3.8) is 0 Å². The van der Waals surface area contributed by atoms with E-state index in [1.807, 2.05) is 36.6 Å². The van der Waals surface area contributed by atoms with Gasteiger partial charge in [0.25, 0.3) is 5.56 Å². The van der Waals surface area contributed by atoms with E-state index in [4.69, 9.17) is 0 Å². The van der Waals surface area contributed by atoms with Crippen LogP contribution >= 0.6 is 11.3 Å². The Morgan fingerprint density at radius 1 is 1.27 bits per heavy atom. The molecule has 0 bridgehead atoms. The van der Waals surface area contributed by atoms with E-state index in [2.05, 4.69) is 15.5 Å². The van der Waals surface area contributed by atoms with Crippen LogP contribution < -0.4 is 10.9 Å². The smallest absolute Gasteiger partial charge is 0.272 e. The first-order valence-corrected chi connectivity index (χ1v) is 7.82. The number of aromatic nitrogens is 2. The third-order valence-corrected chi connectivity index (χ3v) is 4.51. The number of nitrogens with one attached hydrogen (secondary N) is 2. The fraction of sp³-hybridized carbons (Fsp3) is 0.188. The third-order valence-electron chi connectivity index (χ3n) is 3.45. The minimum Gasteiger partial charge on any atom is -0.348 e. The molecule has 0 radical (unpaired) electrons. The van der Waals surface area contributed by atoms with Gasteiger partial charge in [-0.2, -0.15) is 5.10 Å². The predicted octanol–water partition coefficient (Wildman–Crippen LogP) is 2.40. The van der Waals surface area contributed by atoms with E-state index < -0.39 is 0 Å². The molecule has 1 amide bonds. The zero-order valence-corrected chi connectivity index (χ0v) is 12.8. The van der Waals surface area contributed by atoms with E-state index in [9.17, 15) is 9.59 Å². The van der Waals surface area contributed by atoms with Gasteiger partial charge in [0.15, 0.2) is 0 Å². The highest BCUT2D eigenvalue weighted by Crippen LogP contribution is 2.18. The van der Waals surface area contributed by atoms with Gasteiger partial charge in [-0.25, -0.2) is 5.10 Å². The molecule has 2 N–H and O–H groups in total. The Bertz CT molecular complexity index is 855. The first kappa shape index (κ1) is 14.5. The summed E-state index contributed by atoms with van der Waals surface area (Å²) < 4.78 is 0. The van der Waals surface area contributed by atoms with Crippen LogP contribution in [0.15, 0.2) is 46.6 Å². The number of hydrogen-bond acceptors (Lipinski definition) is 4. The van der Waals surface area contributed by atoms with Crippen LogP contribution in [0.3, 0.4) is 0 Å². The maximum Gasteiger partial charge on any atom is 0.272 e. The topological polar surface area (TPSA) is 74.8 Å². The van der Waals surface area contributed by atoms with E-state index in [-0.39, 0.29) is 23.9 Å². The molecule has 3 rings (SSSR count). The van der Waals surface area contributed by atoms with Gasteiger partial charge in [0.1, 0.15) is 0 Å². The Morgan fingerprint density at radius 3 is 2.77 bits per heavy atom. The maximum atomic E-state index is 12.2. The molecule has 1 aromatic carbocycles. The van der Waals surface area contributed by atoms with Crippen molar-refractivity contribution < 1.29 is 4.79 Å². The molecule has 0 saturated carbocycles. The summed E-state index contributed by atoms with van der Waals surface area (Å²) in [5.41, 5.74) is 0.331. The number of aromatic amines is 1. The second-order valence-electron chi connectivity index (χ2n) is 5.03. The van der Waals surface area contributed by atoms with Gasteiger partial charge in [-0.05, 0) is 24.4 Å². The minimum atomic E-state index is -0.244. The Morgan fingerprint density at radius 2 is 2.05 bits per heavy atom. The van der Waals surface area contributed by atoms with Crippen LogP contribution in [0.4, 0.5) is 0 Å². The monoisotopic (exact) mass is 313 g/mol. The molecule has 0 aliphatic heterocycles. The van der Waals surface area contributed by atoms with Crippen molar-refractivity contribution in [1.29, 1.82) is 0 Å². The average Bonchev–Trinajstić information content (AvgIpc) is 3.05. The summed E-state index contributed by atoms with van der Waals surface area (Å²) in [5.74, 6) is -0.120. The molecule has 1 unspecified atom stereocenters. The van der Waals surface area contributed by atoms with Crippen molar-refractivity contribution in [1.82, 2.24) is 15.5 Å². The zero-order chi connectivity index (χ0) is 15.5. The molecule has 0 spiro atoms. The van der Waals surface area contributed by atoms with Crippen LogP contribution in [-0.2, 0) is 11.2 Å². The summed E-state index contributed by atoms with van der Waals surface area (Å²) in [6.07, 6.45) is 0.132. The molecule has 2 aromatic heterocycles. The Kier molecular flexibility index (Phi) is 4.02. The highest BCUT2D eigenvalue weighted by atomic mass is 32.1. The lowest BCUT2D eigenvalue weighted by Crippen LogP contribution is -2.28. The molecule has 5 nitrogen and oxygen atoms in total. The fourth-order valence-corrected chi connectivity index (χ4v) is 3.09. The molecule has 22 heavy (non-hydrogen) atoms. The van der Waals surface area contributed by atoms with Crippen molar-refractivity contribution in [2.24, 2.45) is 0 Å². The second-order valence-corrected chi connectivity index (χ2v) is 6.01. The first-order chi connectivity index (χ1) is 10.6. The SMILES string of the molecule is CC(NC(=O)Cc1n[nH]c(=O)c2ccccc12)c1cccs1. The van der Waals surface area contributed by atoms with Gasteiger partial charge in [0, 0.05) is 10.3 Å². The third kappa shape index (κ3) is 2.92. The van der Waals surface area contributed by atoms with Crippen molar-refractivity contribution in [3.05, 3.63) is 62.7 Å². The summed E-state index contributed by atoms with van der Waals surface area (Å²) in [6, 6.07) is 11.1. The summed E-state index contributed by atoms with van der Waals surface area (Å²) >= 11 is 1.61. The Hall–Kier alpha value is -2.47. The molecular weight excluding hydrogens is 298 g/mol. The molecule has 112 valence electrons. The molecule has 0 saturated heterocycles. The van der Waals surface area contributed by atoms with Gasteiger partial charge in [-0.3, -0.25) is 9.59 Å². The number of carbonyl (C=O) groups excluding carboxylic acids is 1. The number of benzene rings is 1. The minimum absolute atomic E-state index is 0.0403. The van der Waals surface area contributed by atoms with Gasteiger partial charge < -0.3 is 5.32 Å². The summed E-state index contributed by atoms with van der Waals surface area (Å²) in [4.78, 5) is 25.0. The summed E-state index contributed by atoms with van der Waals surface area (Å²) in [5, 5.41) is 12.7. The number of rotatable bonds is 4. The predicted molar refractivity (Wildman–Crippen MR) is 86.9 cm³/mol. The average molecular weight is 313 g/mol. The van der Waals surface area contributed by atoms with Gasteiger partial charge in [-0.1, -0.05) is 24.3 Å². The van der Waals surface area contributed by atoms with E-state index in [1.165, 1.54) is 0 Å². The lowest BCUT2D eigenvalue weighted by Gasteiger charge is -2.12. The summed E-state index contributed by atoms with van der Waals surface area (Å²) in [7, 11) is 0. The number of amides is 1.